The van der Waals surface area contributed by atoms with Crippen LogP contribution < -0.4 is 11.3 Å². The van der Waals surface area contributed by atoms with Crippen molar-refractivity contribution in [3.8, 4) is 0 Å². The van der Waals surface area contributed by atoms with Crippen molar-refractivity contribution in [3.63, 3.8) is 0 Å². The van der Waals surface area contributed by atoms with Gasteiger partial charge in [0.1, 0.15) is 11.5 Å². The van der Waals surface area contributed by atoms with Gasteiger partial charge in [-0.3, -0.25) is 10.5 Å². The molecule has 0 radical (unpaired) electrons. The number of hydrogen-bond donors (Lipinski definition) is 2. The number of aromatic nitrogens is 2. The fourth-order valence-corrected chi connectivity index (χ4v) is 2.03. The van der Waals surface area contributed by atoms with Gasteiger partial charge < -0.3 is 4.42 Å². The number of rotatable bonds is 5. The second-order valence-corrected chi connectivity index (χ2v) is 4.48. The molecule has 0 amide bonds. The van der Waals surface area contributed by atoms with Crippen LogP contribution in [0.5, 0.6) is 0 Å². The molecule has 0 saturated heterocycles. The van der Waals surface area contributed by atoms with E-state index in [2.05, 4.69) is 23.5 Å². The van der Waals surface area contributed by atoms with Crippen molar-refractivity contribution in [3.05, 3.63) is 41.1 Å². The minimum absolute atomic E-state index is 0.0289. The predicted octanol–water partition coefficient (Wildman–Crippen LogP) is 1.63. The minimum Gasteiger partial charge on any atom is -0.465 e. The van der Waals surface area contributed by atoms with Crippen LogP contribution in [0, 0.1) is 6.92 Å². The van der Waals surface area contributed by atoms with E-state index in [0.29, 0.717) is 0 Å². The first-order valence-corrected chi connectivity index (χ1v) is 6.18. The molecule has 0 aliphatic heterocycles. The lowest BCUT2D eigenvalue weighted by Gasteiger charge is -2.13. The summed E-state index contributed by atoms with van der Waals surface area (Å²) in [5, 5.41) is 4.43. The van der Waals surface area contributed by atoms with E-state index in [4.69, 9.17) is 10.3 Å². The molecular weight excluding hydrogens is 228 g/mol. The van der Waals surface area contributed by atoms with E-state index in [-0.39, 0.29) is 6.04 Å². The van der Waals surface area contributed by atoms with Crippen molar-refractivity contribution in [1.29, 1.82) is 0 Å². The molecule has 18 heavy (non-hydrogen) atoms. The molecule has 2 rings (SSSR count). The van der Waals surface area contributed by atoms with Crippen LogP contribution >= 0.6 is 0 Å². The third-order valence-corrected chi connectivity index (χ3v) is 3.11. The number of nitrogens with one attached hydrogen (secondary N) is 1. The van der Waals surface area contributed by atoms with Gasteiger partial charge in [-0.05, 0) is 31.5 Å². The standard InChI is InChI=1S/C13H20N4O/c1-4-10-7-11(17(3)16-10)8-12(15-14)13-6-5-9(2)18-13/h5-7,12,15H,4,8,14H2,1-3H3. The molecule has 5 nitrogen and oxygen atoms in total. The van der Waals surface area contributed by atoms with E-state index in [9.17, 15) is 0 Å². The van der Waals surface area contributed by atoms with Crippen LogP contribution in [0.25, 0.3) is 0 Å². The monoisotopic (exact) mass is 248 g/mol. The molecule has 1 unspecified atom stereocenters. The maximum atomic E-state index is 5.61. The first-order valence-electron chi connectivity index (χ1n) is 6.18. The Bertz CT molecular complexity index is 515. The summed E-state index contributed by atoms with van der Waals surface area (Å²) < 4.78 is 7.51. The van der Waals surface area contributed by atoms with Crippen LogP contribution in [0.2, 0.25) is 0 Å². The fraction of sp³-hybridized carbons (Fsp3) is 0.462. The van der Waals surface area contributed by atoms with Crippen LogP contribution in [-0.2, 0) is 19.9 Å². The molecule has 1 atom stereocenters. The number of aryl methyl sites for hydroxylation is 3. The van der Waals surface area contributed by atoms with Crippen molar-refractivity contribution in [2.75, 3.05) is 0 Å². The molecule has 0 aromatic carbocycles. The van der Waals surface area contributed by atoms with E-state index < -0.39 is 0 Å². The van der Waals surface area contributed by atoms with Crippen molar-refractivity contribution < 1.29 is 4.42 Å². The highest BCUT2D eigenvalue weighted by Gasteiger charge is 2.16. The minimum atomic E-state index is -0.0289. The van der Waals surface area contributed by atoms with Gasteiger partial charge in [0, 0.05) is 19.2 Å². The normalized spacial score (nSPS) is 12.9. The van der Waals surface area contributed by atoms with Gasteiger partial charge in [0.2, 0.25) is 0 Å². The first kappa shape index (κ1) is 12.9. The maximum absolute atomic E-state index is 5.61. The molecule has 0 aliphatic carbocycles. The fourth-order valence-electron chi connectivity index (χ4n) is 2.03. The van der Waals surface area contributed by atoms with E-state index in [1.807, 2.05) is 30.8 Å². The predicted molar refractivity (Wildman–Crippen MR) is 69.8 cm³/mol. The van der Waals surface area contributed by atoms with Crippen LogP contribution in [0.3, 0.4) is 0 Å². The lowest BCUT2D eigenvalue weighted by atomic mass is 10.1. The number of hydrazine groups is 1. The van der Waals surface area contributed by atoms with Gasteiger partial charge in [0.15, 0.2) is 0 Å². The van der Waals surface area contributed by atoms with Crippen LogP contribution in [0.1, 0.15) is 35.9 Å². The topological polar surface area (TPSA) is 69.0 Å². The third kappa shape index (κ3) is 2.63. The smallest absolute Gasteiger partial charge is 0.122 e. The zero-order valence-corrected chi connectivity index (χ0v) is 11.1. The molecule has 2 aromatic rings. The zero-order chi connectivity index (χ0) is 13.1. The van der Waals surface area contributed by atoms with Gasteiger partial charge in [0.25, 0.3) is 0 Å². The Morgan fingerprint density at radius 1 is 1.50 bits per heavy atom. The molecule has 0 spiro atoms. The summed E-state index contributed by atoms with van der Waals surface area (Å²) >= 11 is 0. The Kier molecular flexibility index (Phi) is 3.84. The number of furan rings is 1. The highest BCUT2D eigenvalue weighted by atomic mass is 16.3. The summed E-state index contributed by atoms with van der Waals surface area (Å²) in [5.74, 6) is 7.36. The Morgan fingerprint density at radius 3 is 2.78 bits per heavy atom. The summed E-state index contributed by atoms with van der Waals surface area (Å²) in [6.45, 7) is 4.02. The maximum Gasteiger partial charge on any atom is 0.122 e. The van der Waals surface area contributed by atoms with Crippen molar-refractivity contribution in [2.45, 2.75) is 32.7 Å². The average molecular weight is 248 g/mol. The van der Waals surface area contributed by atoms with Gasteiger partial charge >= 0.3 is 0 Å². The van der Waals surface area contributed by atoms with Crippen molar-refractivity contribution >= 4 is 0 Å². The number of nitrogens with zero attached hydrogens (tertiary/aromatic N) is 2. The Balaban J connectivity index is 2.17. The lowest BCUT2D eigenvalue weighted by molar-refractivity contribution is 0.398. The molecule has 0 bridgehead atoms. The van der Waals surface area contributed by atoms with Crippen molar-refractivity contribution in [1.82, 2.24) is 15.2 Å². The molecule has 0 saturated carbocycles. The Morgan fingerprint density at radius 2 is 2.28 bits per heavy atom. The van der Waals surface area contributed by atoms with E-state index >= 15 is 0 Å². The summed E-state index contributed by atoms with van der Waals surface area (Å²) in [4.78, 5) is 0. The second kappa shape index (κ2) is 5.37. The van der Waals surface area contributed by atoms with Crippen LogP contribution in [0.4, 0.5) is 0 Å². The molecular formula is C13H20N4O. The quantitative estimate of drug-likeness (QED) is 0.623. The van der Waals surface area contributed by atoms with E-state index in [1.54, 1.807) is 0 Å². The largest absolute Gasteiger partial charge is 0.465 e. The van der Waals surface area contributed by atoms with E-state index in [0.717, 1.165) is 35.7 Å². The average Bonchev–Trinajstić information content (AvgIpc) is 2.93. The number of nitrogens with two attached hydrogens (primary N) is 1. The molecule has 5 heteroatoms. The second-order valence-electron chi connectivity index (χ2n) is 4.48. The summed E-state index contributed by atoms with van der Waals surface area (Å²) in [6, 6.07) is 5.98. The molecule has 98 valence electrons. The van der Waals surface area contributed by atoms with Crippen LogP contribution in [-0.4, -0.2) is 9.78 Å². The molecule has 0 aliphatic rings. The summed E-state index contributed by atoms with van der Waals surface area (Å²) in [5.41, 5.74) is 5.04. The lowest BCUT2D eigenvalue weighted by Crippen LogP contribution is -2.29. The molecule has 2 heterocycles. The zero-order valence-electron chi connectivity index (χ0n) is 11.1. The van der Waals surface area contributed by atoms with Gasteiger partial charge in [0.05, 0.1) is 11.7 Å². The Hall–Kier alpha value is -1.59. The highest BCUT2D eigenvalue weighted by Crippen LogP contribution is 2.20. The van der Waals surface area contributed by atoms with Crippen molar-refractivity contribution in [2.24, 2.45) is 12.9 Å². The third-order valence-electron chi connectivity index (χ3n) is 3.11. The van der Waals surface area contributed by atoms with Crippen LogP contribution in [0.15, 0.2) is 22.6 Å². The molecule has 0 fully saturated rings. The highest BCUT2D eigenvalue weighted by molar-refractivity contribution is 5.16. The van der Waals surface area contributed by atoms with Gasteiger partial charge in [-0.1, -0.05) is 6.92 Å². The van der Waals surface area contributed by atoms with Gasteiger partial charge in [-0.2, -0.15) is 5.10 Å². The van der Waals surface area contributed by atoms with E-state index in [1.165, 1.54) is 0 Å². The Labute approximate surface area is 107 Å². The van der Waals surface area contributed by atoms with Gasteiger partial charge in [-0.25, -0.2) is 5.43 Å². The summed E-state index contributed by atoms with van der Waals surface area (Å²) in [7, 11) is 1.95. The summed E-state index contributed by atoms with van der Waals surface area (Å²) in [6.07, 6.45) is 1.70. The van der Waals surface area contributed by atoms with Gasteiger partial charge in [-0.15, -0.1) is 0 Å². The number of hydrogen-bond acceptors (Lipinski definition) is 4. The SMILES string of the molecule is CCc1cc(CC(NN)c2ccc(C)o2)n(C)n1. The molecule has 2 aromatic heterocycles. The first-order chi connectivity index (χ1) is 8.63. The molecule has 3 N–H and O–H groups in total.